The highest BCUT2D eigenvalue weighted by Crippen LogP contribution is 2.41. The molecular weight excluding hydrogens is 334 g/mol. The van der Waals surface area contributed by atoms with Gasteiger partial charge in [-0.25, -0.2) is 8.78 Å². The van der Waals surface area contributed by atoms with E-state index in [0.29, 0.717) is 5.17 Å². The van der Waals surface area contributed by atoms with Crippen molar-refractivity contribution in [3.8, 4) is 0 Å². The molecule has 19 heavy (non-hydrogen) atoms. The van der Waals surface area contributed by atoms with Gasteiger partial charge in [0.05, 0.1) is 15.7 Å². The monoisotopic (exact) mass is 346 g/mol. The van der Waals surface area contributed by atoms with Crippen LogP contribution in [0.25, 0.3) is 0 Å². The fraction of sp³-hybridized carbons (Fsp3) is 0.462. The van der Waals surface area contributed by atoms with E-state index in [1.807, 2.05) is 0 Å². The molecule has 2 nitrogen and oxygen atoms in total. The van der Waals surface area contributed by atoms with Gasteiger partial charge in [-0.3, -0.25) is 4.99 Å². The average Bonchev–Trinajstić information content (AvgIpc) is 2.98. The molecule has 1 N–H and O–H groups in total. The molecule has 3 rings (SSSR count). The summed E-state index contributed by atoms with van der Waals surface area (Å²) in [7, 11) is 0. The largest absolute Gasteiger partial charge is 0.332 e. The van der Waals surface area contributed by atoms with Crippen molar-refractivity contribution in [1.29, 1.82) is 0 Å². The third kappa shape index (κ3) is 2.65. The highest BCUT2D eigenvalue weighted by Gasteiger charge is 2.38. The molecule has 1 aromatic carbocycles. The maximum absolute atomic E-state index is 13.7. The zero-order valence-corrected chi connectivity index (χ0v) is 12.6. The van der Waals surface area contributed by atoms with Crippen molar-refractivity contribution in [2.24, 2.45) is 4.99 Å². The van der Waals surface area contributed by atoms with Gasteiger partial charge in [0.15, 0.2) is 5.17 Å². The molecule has 1 heterocycles. The van der Waals surface area contributed by atoms with Crippen molar-refractivity contribution in [3.63, 3.8) is 0 Å². The van der Waals surface area contributed by atoms with Crippen LogP contribution in [0.2, 0.25) is 0 Å². The van der Waals surface area contributed by atoms with E-state index in [4.69, 9.17) is 0 Å². The predicted octanol–water partition coefficient (Wildman–Crippen LogP) is 4.55. The summed E-state index contributed by atoms with van der Waals surface area (Å²) >= 11 is 4.55. The van der Waals surface area contributed by atoms with Crippen LogP contribution in [0, 0.1) is 11.6 Å². The Morgan fingerprint density at radius 2 is 1.95 bits per heavy atom. The molecule has 1 aliphatic carbocycles. The van der Waals surface area contributed by atoms with Crippen molar-refractivity contribution < 1.29 is 8.78 Å². The van der Waals surface area contributed by atoms with E-state index in [2.05, 4.69) is 26.2 Å². The molecule has 0 saturated heterocycles. The van der Waals surface area contributed by atoms with Gasteiger partial charge in [0.2, 0.25) is 0 Å². The zero-order chi connectivity index (χ0) is 13.5. The highest BCUT2D eigenvalue weighted by atomic mass is 79.9. The van der Waals surface area contributed by atoms with Gasteiger partial charge in [0.25, 0.3) is 0 Å². The standard InChI is InChI=1S/C13H13BrF2N2S/c14-8-5-10(16)11(6-9(8)15)17-12-18-13(7-19-12)3-1-2-4-13/h5-6H,1-4,7H2,(H,17,18). The number of hydrogen-bond donors (Lipinski definition) is 1. The van der Waals surface area contributed by atoms with Gasteiger partial charge in [-0.05, 0) is 34.8 Å². The van der Waals surface area contributed by atoms with Crippen LogP contribution in [0.15, 0.2) is 21.6 Å². The molecule has 0 aromatic heterocycles. The summed E-state index contributed by atoms with van der Waals surface area (Å²) in [6.45, 7) is 0. The van der Waals surface area contributed by atoms with Crippen molar-refractivity contribution >= 4 is 38.5 Å². The molecule has 1 aliphatic heterocycles. The lowest BCUT2D eigenvalue weighted by molar-refractivity contribution is 0.508. The molecule has 0 atom stereocenters. The zero-order valence-electron chi connectivity index (χ0n) is 10.2. The number of halogens is 3. The van der Waals surface area contributed by atoms with Crippen LogP contribution in [-0.4, -0.2) is 16.5 Å². The molecule has 1 aromatic rings. The van der Waals surface area contributed by atoms with Gasteiger partial charge in [-0.2, -0.15) is 0 Å². The van der Waals surface area contributed by atoms with E-state index in [1.165, 1.54) is 12.8 Å². The van der Waals surface area contributed by atoms with Gasteiger partial charge in [0, 0.05) is 11.8 Å². The fourth-order valence-electron chi connectivity index (χ4n) is 2.57. The first-order chi connectivity index (χ1) is 9.08. The number of hydrogen-bond acceptors (Lipinski definition) is 3. The summed E-state index contributed by atoms with van der Waals surface area (Å²) < 4.78 is 27.3. The Bertz CT molecular complexity index is 542. The van der Waals surface area contributed by atoms with Gasteiger partial charge in [-0.1, -0.05) is 24.6 Å². The summed E-state index contributed by atoms with van der Waals surface area (Å²) in [6.07, 6.45) is 4.61. The molecule has 0 bridgehead atoms. The lowest BCUT2D eigenvalue weighted by Crippen LogP contribution is -2.21. The van der Waals surface area contributed by atoms with Crippen molar-refractivity contribution in [2.45, 2.75) is 31.2 Å². The molecule has 1 saturated carbocycles. The van der Waals surface area contributed by atoms with E-state index in [-0.39, 0.29) is 15.7 Å². The molecule has 0 radical (unpaired) electrons. The van der Waals surface area contributed by atoms with Crippen LogP contribution in [0.3, 0.4) is 0 Å². The summed E-state index contributed by atoms with van der Waals surface area (Å²) in [5.41, 5.74) is 0.180. The van der Waals surface area contributed by atoms with E-state index < -0.39 is 11.6 Å². The SMILES string of the molecule is Fc1cc(NC2=NC3(CCCC3)CS2)c(F)cc1Br. The third-order valence-electron chi connectivity index (χ3n) is 3.60. The van der Waals surface area contributed by atoms with Gasteiger partial charge in [-0.15, -0.1) is 0 Å². The van der Waals surface area contributed by atoms with Crippen LogP contribution in [0.1, 0.15) is 25.7 Å². The number of aliphatic imine (C=N–C) groups is 1. The molecule has 2 aliphatic rings. The molecule has 6 heteroatoms. The fourth-order valence-corrected chi connectivity index (χ4v) is 4.08. The summed E-state index contributed by atoms with van der Waals surface area (Å²) in [4.78, 5) is 4.68. The van der Waals surface area contributed by atoms with Crippen LogP contribution in [0.4, 0.5) is 14.5 Å². The van der Waals surface area contributed by atoms with Crippen molar-refractivity contribution in [1.82, 2.24) is 0 Å². The summed E-state index contributed by atoms with van der Waals surface area (Å²) in [5, 5.41) is 3.60. The number of benzene rings is 1. The minimum atomic E-state index is -0.483. The first-order valence-corrected chi connectivity index (χ1v) is 8.00. The lowest BCUT2D eigenvalue weighted by Gasteiger charge is -2.16. The van der Waals surface area contributed by atoms with E-state index in [9.17, 15) is 8.78 Å². The Hall–Kier alpha value is -0.620. The first kappa shape index (κ1) is 13.4. The van der Waals surface area contributed by atoms with Crippen LogP contribution < -0.4 is 5.32 Å². The quantitative estimate of drug-likeness (QED) is 0.754. The third-order valence-corrected chi connectivity index (χ3v) is 5.36. The second-order valence-electron chi connectivity index (χ2n) is 5.01. The number of thioether (sulfide) groups is 1. The molecule has 102 valence electrons. The number of rotatable bonds is 1. The normalized spacial score (nSPS) is 20.9. The summed E-state index contributed by atoms with van der Waals surface area (Å²) in [5.74, 6) is -0.0253. The second kappa shape index (κ2) is 5.05. The Kier molecular flexibility index (Phi) is 3.55. The average molecular weight is 347 g/mol. The smallest absolute Gasteiger partial charge is 0.161 e. The minimum absolute atomic E-state index is 0.0391. The molecule has 1 spiro atoms. The lowest BCUT2D eigenvalue weighted by atomic mass is 10.0. The van der Waals surface area contributed by atoms with Crippen molar-refractivity contribution in [3.05, 3.63) is 28.2 Å². The second-order valence-corrected chi connectivity index (χ2v) is 6.83. The Morgan fingerprint density at radius 1 is 1.21 bits per heavy atom. The van der Waals surface area contributed by atoms with Crippen LogP contribution >= 0.6 is 27.7 Å². The predicted molar refractivity (Wildman–Crippen MR) is 78.8 cm³/mol. The number of anilines is 1. The van der Waals surface area contributed by atoms with E-state index >= 15 is 0 Å². The van der Waals surface area contributed by atoms with E-state index in [0.717, 1.165) is 30.7 Å². The van der Waals surface area contributed by atoms with Gasteiger partial charge in [0.1, 0.15) is 11.6 Å². The first-order valence-electron chi connectivity index (χ1n) is 6.22. The maximum atomic E-state index is 13.7. The number of nitrogens with one attached hydrogen (secondary N) is 1. The van der Waals surface area contributed by atoms with Crippen LogP contribution in [-0.2, 0) is 0 Å². The molecular formula is C13H13BrF2N2S. The Balaban J connectivity index is 1.81. The van der Waals surface area contributed by atoms with E-state index in [1.54, 1.807) is 11.8 Å². The Morgan fingerprint density at radius 3 is 2.68 bits per heavy atom. The highest BCUT2D eigenvalue weighted by molar-refractivity contribution is 9.10. The van der Waals surface area contributed by atoms with Gasteiger partial charge < -0.3 is 5.32 Å². The molecule has 1 fully saturated rings. The van der Waals surface area contributed by atoms with Crippen LogP contribution in [0.5, 0.6) is 0 Å². The van der Waals surface area contributed by atoms with Gasteiger partial charge >= 0.3 is 0 Å². The minimum Gasteiger partial charge on any atom is -0.332 e. The Labute approximate surface area is 123 Å². The molecule has 0 unspecified atom stereocenters. The number of amidine groups is 1. The maximum Gasteiger partial charge on any atom is 0.161 e. The number of nitrogens with zero attached hydrogens (tertiary/aromatic N) is 1. The molecule has 0 amide bonds. The topological polar surface area (TPSA) is 24.4 Å². The summed E-state index contributed by atoms with van der Waals surface area (Å²) in [6, 6.07) is 2.28. The van der Waals surface area contributed by atoms with Crippen molar-refractivity contribution in [2.75, 3.05) is 11.1 Å².